The van der Waals surface area contributed by atoms with Crippen molar-refractivity contribution in [2.24, 2.45) is 0 Å². The lowest BCUT2D eigenvalue weighted by Crippen LogP contribution is -2.77. The maximum Gasteiger partial charge on any atom is 0.249 e. The number of piperazine rings is 1. The van der Waals surface area contributed by atoms with Crippen LogP contribution >= 0.6 is 0 Å². The van der Waals surface area contributed by atoms with Crippen LogP contribution in [0.3, 0.4) is 0 Å². The summed E-state index contributed by atoms with van der Waals surface area (Å²) in [5.41, 5.74) is -1.45. The van der Waals surface area contributed by atoms with Gasteiger partial charge in [0.05, 0.1) is 12.6 Å². The highest BCUT2D eigenvalue weighted by Gasteiger charge is 2.57. The summed E-state index contributed by atoms with van der Waals surface area (Å²) in [6.45, 7) is 6.21. The summed E-state index contributed by atoms with van der Waals surface area (Å²) in [7, 11) is 1.64. The number of rotatable bonds is 4. The fourth-order valence-electron chi connectivity index (χ4n) is 3.77. The molecular formula is C16H28N2O3. The van der Waals surface area contributed by atoms with Gasteiger partial charge in [0, 0.05) is 7.11 Å². The quantitative estimate of drug-likeness (QED) is 0.861. The number of hydrogen-bond acceptors (Lipinski definition) is 3. The number of nitrogens with zero attached hydrogens (tertiary/aromatic N) is 1. The molecular weight excluding hydrogens is 268 g/mol. The van der Waals surface area contributed by atoms with Crippen LogP contribution in [0.25, 0.3) is 0 Å². The van der Waals surface area contributed by atoms with Crippen LogP contribution in [-0.2, 0) is 14.3 Å². The third-order valence-electron chi connectivity index (χ3n) is 5.20. The Labute approximate surface area is 127 Å². The predicted molar refractivity (Wildman–Crippen MR) is 80.8 cm³/mol. The molecule has 1 N–H and O–H groups in total. The highest BCUT2D eigenvalue weighted by molar-refractivity contribution is 6.02. The van der Waals surface area contributed by atoms with E-state index in [0.717, 1.165) is 32.1 Å². The minimum Gasteiger partial charge on any atom is -0.383 e. The van der Waals surface area contributed by atoms with E-state index in [1.54, 1.807) is 7.11 Å². The predicted octanol–water partition coefficient (Wildman–Crippen LogP) is 1.85. The number of carbonyl (C=O) groups is 2. The van der Waals surface area contributed by atoms with E-state index < -0.39 is 11.1 Å². The summed E-state index contributed by atoms with van der Waals surface area (Å²) in [5, 5.41) is 3.01. The Kier molecular flexibility index (Phi) is 4.61. The zero-order valence-corrected chi connectivity index (χ0v) is 13.7. The normalized spacial score (nSPS) is 30.4. The standard InChI is InChI=1S/C16H28N2O3/c1-5-15(3)14(20)18(12(2)11-21-4)16(13(19)17-15)9-7-6-8-10-16/h12H,5-11H2,1-4H3,(H,17,19). The molecule has 1 saturated carbocycles. The second-order valence-electron chi connectivity index (χ2n) is 6.71. The van der Waals surface area contributed by atoms with E-state index in [1.807, 2.05) is 25.7 Å². The van der Waals surface area contributed by atoms with Crippen molar-refractivity contribution in [3.63, 3.8) is 0 Å². The molecule has 5 heteroatoms. The zero-order valence-electron chi connectivity index (χ0n) is 13.7. The number of hydrogen-bond donors (Lipinski definition) is 1. The Bertz CT molecular complexity index is 418. The Morgan fingerprint density at radius 2 is 1.90 bits per heavy atom. The molecule has 2 fully saturated rings. The van der Waals surface area contributed by atoms with Crippen LogP contribution in [0.4, 0.5) is 0 Å². The van der Waals surface area contributed by atoms with E-state index in [2.05, 4.69) is 5.32 Å². The average molecular weight is 296 g/mol. The van der Waals surface area contributed by atoms with Gasteiger partial charge in [0.25, 0.3) is 0 Å². The molecule has 120 valence electrons. The smallest absolute Gasteiger partial charge is 0.249 e. The lowest BCUT2D eigenvalue weighted by Gasteiger charge is -2.55. The van der Waals surface area contributed by atoms with Gasteiger partial charge in [-0.05, 0) is 33.1 Å². The van der Waals surface area contributed by atoms with Crippen LogP contribution in [-0.4, -0.2) is 47.6 Å². The lowest BCUT2D eigenvalue weighted by atomic mass is 9.74. The minimum absolute atomic E-state index is 0.0223. The van der Waals surface area contributed by atoms with Gasteiger partial charge in [-0.1, -0.05) is 26.2 Å². The van der Waals surface area contributed by atoms with Gasteiger partial charge in [-0.3, -0.25) is 9.59 Å². The third kappa shape index (κ3) is 2.56. The third-order valence-corrected chi connectivity index (χ3v) is 5.20. The maximum absolute atomic E-state index is 13.1. The number of amides is 2. The van der Waals surface area contributed by atoms with Gasteiger partial charge in [-0.25, -0.2) is 0 Å². The summed E-state index contributed by atoms with van der Waals surface area (Å²) in [6, 6.07) is -0.0856. The van der Waals surface area contributed by atoms with Crippen LogP contribution in [0.2, 0.25) is 0 Å². The van der Waals surface area contributed by atoms with E-state index >= 15 is 0 Å². The first-order valence-electron chi connectivity index (χ1n) is 8.06. The van der Waals surface area contributed by atoms with Gasteiger partial charge in [-0.2, -0.15) is 0 Å². The second-order valence-corrected chi connectivity index (χ2v) is 6.71. The molecule has 2 aliphatic rings. The van der Waals surface area contributed by atoms with E-state index in [0.29, 0.717) is 13.0 Å². The summed E-state index contributed by atoms with van der Waals surface area (Å²) < 4.78 is 5.25. The van der Waals surface area contributed by atoms with Gasteiger partial charge in [0.15, 0.2) is 0 Å². The first-order chi connectivity index (χ1) is 9.91. The molecule has 1 aliphatic heterocycles. The Morgan fingerprint density at radius 1 is 1.29 bits per heavy atom. The highest BCUT2D eigenvalue weighted by atomic mass is 16.5. The molecule has 1 aliphatic carbocycles. The Hall–Kier alpha value is -1.10. The maximum atomic E-state index is 13.1. The van der Waals surface area contributed by atoms with E-state index in [9.17, 15) is 9.59 Å². The van der Waals surface area contributed by atoms with Crippen molar-refractivity contribution in [1.29, 1.82) is 0 Å². The van der Waals surface area contributed by atoms with Crippen molar-refractivity contribution in [1.82, 2.24) is 10.2 Å². The fraction of sp³-hybridized carbons (Fsp3) is 0.875. The van der Waals surface area contributed by atoms with Gasteiger partial charge in [0.2, 0.25) is 11.8 Å². The Morgan fingerprint density at radius 3 is 2.43 bits per heavy atom. The SMILES string of the molecule is CCC1(C)NC(=O)C2(CCCCC2)N(C(C)COC)C1=O. The summed E-state index contributed by atoms with van der Waals surface area (Å²) >= 11 is 0. The van der Waals surface area contributed by atoms with Gasteiger partial charge in [0.1, 0.15) is 11.1 Å². The topological polar surface area (TPSA) is 58.6 Å². The van der Waals surface area contributed by atoms with Crippen molar-refractivity contribution in [2.45, 2.75) is 76.4 Å². The number of nitrogens with one attached hydrogen (secondary N) is 1. The van der Waals surface area contributed by atoms with Crippen LogP contribution in [0, 0.1) is 0 Å². The van der Waals surface area contributed by atoms with E-state index in [1.165, 1.54) is 0 Å². The largest absolute Gasteiger partial charge is 0.383 e. The molecule has 2 rings (SSSR count). The molecule has 2 atom stereocenters. The van der Waals surface area contributed by atoms with Gasteiger partial charge < -0.3 is 15.0 Å². The summed E-state index contributed by atoms with van der Waals surface area (Å²) in [6.07, 6.45) is 5.26. The molecule has 5 nitrogen and oxygen atoms in total. The number of methoxy groups -OCH3 is 1. The molecule has 0 aromatic carbocycles. The highest BCUT2D eigenvalue weighted by Crippen LogP contribution is 2.40. The summed E-state index contributed by atoms with van der Waals surface area (Å²) in [4.78, 5) is 27.8. The molecule has 0 aromatic heterocycles. The summed E-state index contributed by atoms with van der Waals surface area (Å²) in [5.74, 6) is 0.0603. The Balaban J connectivity index is 2.42. The number of carbonyl (C=O) groups excluding carboxylic acids is 2. The van der Waals surface area contributed by atoms with Crippen molar-refractivity contribution in [3.8, 4) is 0 Å². The molecule has 1 heterocycles. The minimum atomic E-state index is -0.790. The fourth-order valence-corrected chi connectivity index (χ4v) is 3.77. The molecule has 2 unspecified atom stereocenters. The molecule has 0 radical (unpaired) electrons. The van der Waals surface area contributed by atoms with Crippen LogP contribution in [0.5, 0.6) is 0 Å². The molecule has 0 bridgehead atoms. The van der Waals surface area contributed by atoms with Crippen molar-refractivity contribution in [3.05, 3.63) is 0 Å². The first kappa shape index (κ1) is 16.3. The van der Waals surface area contributed by atoms with E-state index in [4.69, 9.17) is 4.74 Å². The lowest BCUT2D eigenvalue weighted by molar-refractivity contribution is -0.170. The molecule has 1 saturated heterocycles. The van der Waals surface area contributed by atoms with E-state index in [-0.39, 0.29) is 17.9 Å². The zero-order chi connectivity index (χ0) is 15.7. The average Bonchev–Trinajstić information content (AvgIpc) is 2.47. The van der Waals surface area contributed by atoms with Gasteiger partial charge in [-0.15, -0.1) is 0 Å². The van der Waals surface area contributed by atoms with Crippen molar-refractivity contribution in [2.75, 3.05) is 13.7 Å². The van der Waals surface area contributed by atoms with Crippen molar-refractivity contribution < 1.29 is 14.3 Å². The van der Waals surface area contributed by atoms with Crippen molar-refractivity contribution >= 4 is 11.8 Å². The molecule has 2 amide bonds. The molecule has 0 aromatic rings. The first-order valence-corrected chi connectivity index (χ1v) is 8.06. The van der Waals surface area contributed by atoms with Crippen LogP contribution in [0.1, 0.15) is 59.3 Å². The molecule has 21 heavy (non-hydrogen) atoms. The van der Waals surface area contributed by atoms with Gasteiger partial charge >= 0.3 is 0 Å². The number of ether oxygens (including phenoxy) is 1. The molecule has 1 spiro atoms. The second kappa shape index (κ2) is 5.95. The van der Waals surface area contributed by atoms with Crippen LogP contribution < -0.4 is 5.32 Å². The van der Waals surface area contributed by atoms with Crippen LogP contribution in [0.15, 0.2) is 0 Å². The monoisotopic (exact) mass is 296 g/mol.